The fourth-order valence-electron chi connectivity index (χ4n) is 2.07. The summed E-state index contributed by atoms with van der Waals surface area (Å²) in [7, 11) is 0. The van der Waals surface area contributed by atoms with E-state index < -0.39 is 5.79 Å². The minimum Gasteiger partial charge on any atom is -0.457 e. The Hall–Kier alpha value is -0.740. The van der Waals surface area contributed by atoms with Gasteiger partial charge in [0.15, 0.2) is 5.76 Å². The Balaban J connectivity index is 1.99. The van der Waals surface area contributed by atoms with Crippen LogP contribution < -0.4 is 0 Å². The van der Waals surface area contributed by atoms with Gasteiger partial charge in [0.25, 0.3) is 0 Å². The van der Waals surface area contributed by atoms with Gasteiger partial charge in [-0.2, -0.15) is 0 Å². The van der Waals surface area contributed by atoms with Crippen LogP contribution in [0.5, 0.6) is 0 Å². The van der Waals surface area contributed by atoms with Crippen LogP contribution in [0.4, 0.5) is 0 Å². The third-order valence-corrected chi connectivity index (χ3v) is 2.82. The maximum atomic E-state index is 8.94. The zero-order chi connectivity index (χ0) is 10.9. The molecule has 0 bridgehead atoms. The fourth-order valence-corrected chi connectivity index (χ4v) is 2.07. The van der Waals surface area contributed by atoms with Gasteiger partial charge in [0, 0.05) is 27.1 Å². The summed E-state index contributed by atoms with van der Waals surface area (Å²) >= 11 is 0. The van der Waals surface area contributed by atoms with Crippen molar-refractivity contribution in [1.82, 2.24) is 0 Å². The van der Waals surface area contributed by atoms with Crippen LogP contribution in [0.2, 0.25) is 0 Å². The highest BCUT2D eigenvalue weighted by Crippen LogP contribution is 2.35. The minimum atomic E-state index is -0.578. The molecule has 4 nitrogen and oxygen atoms in total. The molecule has 2 rings (SSSR count). The van der Waals surface area contributed by atoms with Crippen molar-refractivity contribution < 1.29 is 19.3 Å². The number of aliphatic hydroxyl groups excluding tert-OH is 1. The van der Waals surface area contributed by atoms with E-state index in [1.807, 2.05) is 13.8 Å². The monoisotopic (exact) mass is 214 g/mol. The molecule has 0 aromatic heterocycles. The highest BCUT2D eigenvalue weighted by atomic mass is 16.7. The van der Waals surface area contributed by atoms with E-state index in [1.165, 1.54) is 0 Å². The second-order valence-corrected chi connectivity index (χ2v) is 4.49. The third-order valence-electron chi connectivity index (χ3n) is 2.82. The van der Waals surface area contributed by atoms with Crippen molar-refractivity contribution in [2.24, 2.45) is 5.92 Å². The van der Waals surface area contributed by atoms with E-state index >= 15 is 0 Å². The number of aliphatic hydroxyl groups is 1. The summed E-state index contributed by atoms with van der Waals surface area (Å²) in [6.45, 7) is 4.66. The molecule has 4 heteroatoms. The summed E-state index contributed by atoms with van der Waals surface area (Å²) in [4.78, 5) is 0. The molecule has 0 aromatic rings. The zero-order valence-electron chi connectivity index (χ0n) is 9.23. The van der Waals surface area contributed by atoms with Crippen molar-refractivity contribution in [1.29, 1.82) is 0 Å². The molecule has 0 amide bonds. The van der Waals surface area contributed by atoms with Crippen LogP contribution in [0.25, 0.3) is 0 Å². The fraction of sp³-hybridized carbons (Fsp3) is 0.818. The molecule has 1 N–H and O–H groups in total. The van der Waals surface area contributed by atoms with Crippen LogP contribution in [0.3, 0.4) is 0 Å². The molecular weight excluding hydrogens is 196 g/mol. The maximum Gasteiger partial charge on any atom is 0.244 e. The van der Waals surface area contributed by atoms with E-state index in [9.17, 15) is 0 Å². The van der Waals surface area contributed by atoms with Crippen LogP contribution >= 0.6 is 0 Å². The quantitative estimate of drug-likeness (QED) is 0.771. The van der Waals surface area contributed by atoms with E-state index in [0.29, 0.717) is 5.92 Å². The van der Waals surface area contributed by atoms with Gasteiger partial charge in [-0.05, 0) is 18.8 Å². The van der Waals surface area contributed by atoms with Crippen LogP contribution in [-0.2, 0) is 14.2 Å². The van der Waals surface area contributed by atoms with E-state index in [1.54, 1.807) is 6.26 Å². The Morgan fingerprint density at radius 1 is 1.53 bits per heavy atom. The Morgan fingerprint density at radius 2 is 2.33 bits per heavy atom. The summed E-state index contributed by atoms with van der Waals surface area (Å²) in [5, 5.41) is 8.94. The molecule has 2 heterocycles. The van der Waals surface area contributed by atoms with Crippen molar-refractivity contribution in [2.75, 3.05) is 13.2 Å². The van der Waals surface area contributed by atoms with Gasteiger partial charge < -0.3 is 19.3 Å². The molecule has 86 valence electrons. The minimum absolute atomic E-state index is 0.0427. The molecule has 0 radical (unpaired) electrons. The Labute approximate surface area is 89.8 Å². The summed E-state index contributed by atoms with van der Waals surface area (Å²) in [6, 6.07) is 0. The van der Waals surface area contributed by atoms with Crippen LogP contribution in [0, 0.1) is 5.92 Å². The van der Waals surface area contributed by atoms with E-state index in [2.05, 4.69) is 0 Å². The van der Waals surface area contributed by atoms with Crippen LogP contribution in [-0.4, -0.2) is 30.2 Å². The third kappa shape index (κ3) is 2.26. The number of hydrogen-bond acceptors (Lipinski definition) is 4. The first-order valence-electron chi connectivity index (χ1n) is 5.42. The molecule has 0 spiro atoms. The van der Waals surface area contributed by atoms with Gasteiger partial charge in [-0.3, -0.25) is 0 Å². The summed E-state index contributed by atoms with van der Waals surface area (Å²) < 4.78 is 16.6. The van der Waals surface area contributed by atoms with Crippen molar-refractivity contribution in [3.8, 4) is 0 Å². The maximum absolute atomic E-state index is 8.94. The van der Waals surface area contributed by atoms with Crippen molar-refractivity contribution in [2.45, 2.75) is 38.6 Å². The average Bonchev–Trinajstić information content (AvgIpc) is 2.72. The summed E-state index contributed by atoms with van der Waals surface area (Å²) in [6.07, 6.45) is 3.33. The molecule has 2 atom stereocenters. The van der Waals surface area contributed by atoms with Gasteiger partial charge >= 0.3 is 0 Å². The lowest BCUT2D eigenvalue weighted by Crippen LogP contribution is -2.25. The highest BCUT2D eigenvalue weighted by molar-refractivity contribution is 5.06. The molecule has 1 fully saturated rings. The molecule has 15 heavy (non-hydrogen) atoms. The molecule has 2 aliphatic heterocycles. The van der Waals surface area contributed by atoms with Crippen LogP contribution in [0.1, 0.15) is 26.7 Å². The smallest absolute Gasteiger partial charge is 0.244 e. The van der Waals surface area contributed by atoms with Gasteiger partial charge in [0.2, 0.25) is 5.79 Å². The van der Waals surface area contributed by atoms with Gasteiger partial charge in [-0.1, -0.05) is 0 Å². The SMILES string of the molecule is CC1(C)OC=C(C2OCCC2CCO)O1. The first-order valence-corrected chi connectivity index (χ1v) is 5.42. The largest absolute Gasteiger partial charge is 0.457 e. The standard InChI is InChI=1S/C11H18O4/c1-11(2)14-7-9(15-11)10-8(3-5-12)4-6-13-10/h7-8,10,12H,3-6H2,1-2H3. The van der Waals surface area contributed by atoms with E-state index in [0.717, 1.165) is 25.2 Å². The molecular formula is C11H18O4. The van der Waals surface area contributed by atoms with E-state index in [-0.39, 0.29) is 12.7 Å². The average molecular weight is 214 g/mol. The van der Waals surface area contributed by atoms with Gasteiger partial charge in [-0.25, -0.2) is 0 Å². The normalized spacial score (nSPS) is 33.4. The first-order chi connectivity index (χ1) is 7.12. The Morgan fingerprint density at radius 3 is 2.93 bits per heavy atom. The second-order valence-electron chi connectivity index (χ2n) is 4.49. The van der Waals surface area contributed by atoms with Crippen molar-refractivity contribution in [3.63, 3.8) is 0 Å². The number of ether oxygens (including phenoxy) is 3. The lowest BCUT2D eigenvalue weighted by molar-refractivity contribution is -0.127. The van der Waals surface area contributed by atoms with Crippen LogP contribution in [0.15, 0.2) is 12.0 Å². The van der Waals surface area contributed by atoms with Crippen molar-refractivity contribution >= 4 is 0 Å². The predicted octanol–water partition coefficient (Wildman–Crippen LogP) is 1.40. The van der Waals surface area contributed by atoms with Gasteiger partial charge in [-0.15, -0.1) is 0 Å². The molecule has 2 aliphatic rings. The highest BCUT2D eigenvalue weighted by Gasteiger charge is 2.38. The predicted molar refractivity (Wildman–Crippen MR) is 53.9 cm³/mol. The van der Waals surface area contributed by atoms with E-state index in [4.69, 9.17) is 19.3 Å². The number of rotatable bonds is 3. The zero-order valence-corrected chi connectivity index (χ0v) is 9.23. The Kier molecular flexibility index (Phi) is 2.89. The summed E-state index contributed by atoms with van der Waals surface area (Å²) in [5.74, 6) is 0.528. The molecule has 0 aromatic carbocycles. The summed E-state index contributed by atoms with van der Waals surface area (Å²) in [5.41, 5.74) is 0. The molecule has 2 unspecified atom stereocenters. The topological polar surface area (TPSA) is 47.9 Å². The molecule has 0 saturated carbocycles. The lowest BCUT2D eigenvalue weighted by atomic mass is 9.97. The first kappa shape index (κ1) is 10.8. The van der Waals surface area contributed by atoms with Crippen molar-refractivity contribution in [3.05, 3.63) is 12.0 Å². The number of hydrogen-bond donors (Lipinski definition) is 1. The van der Waals surface area contributed by atoms with Gasteiger partial charge in [0.05, 0.1) is 0 Å². The molecule has 0 aliphatic carbocycles. The second kappa shape index (κ2) is 4.02. The van der Waals surface area contributed by atoms with Gasteiger partial charge in [0.1, 0.15) is 12.4 Å². The Bertz CT molecular complexity index is 259. The molecule has 1 saturated heterocycles. The lowest BCUT2D eigenvalue weighted by Gasteiger charge is -2.22.